The number of nitrogens with zero attached hydrogens (tertiary/aromatic N) is 2. The van der Waals surface area contributed by atoms with Crippen LogP contribution in [-0.4, -0.2) is 16.0 Å². The van der Waals surface area contributed by atoms with Crippen LogP contribution in [0.2, 0.25) is 0 Å². The molecule has 0 saturated heterocycles. The molecule has 21 heavy (non-hydrogen) atoms. The Balaban J connectivity index is 1.93. The highest BCUT2D eigenvalue weighted by atomic mass is 32.1. The number of hydrogen-bond acceptors (Lipinski definition) is 4. The molecule has 1 saturated carbocycles. The predicted octanol–water partition coefficient (Wildman–Crippen LogP) is 4.93. The van der Waals surface area contributed by atoms with Crippen molar-refractivity contribution in [2.45, 2.75) is 59.4 Å². The SMILES string of the molecule is Cc1sc2ncnc(NC3CCCCC3C(C)C)c2c1C. The third-order valence-corrected chi connectivity index (χ3v) is 6.08. The topological polar surface area (TPSA) is 37.8 Å². The van der Waals surface area contributed by atoms with Gasteiger partial charge < -0.3 is 5.32 Å². The summed E-state index contributed by atoms with van der Waals surface area (Å²) in [5.74, 6) is 2.52. The normalized spacial score (nSPS) is 22.9. The molecule has 0 aliphatic heterocycles. The molecule has 2 atom stereocenters. The largest absolute Gasteiger partial charge is 0.366 e. The van der Waals surface area contributed by atoms with Crippen LogP contribution >= 0.6 is 11.3 Å². The van der Waals surface area contributed by atoms with Gasteiger partial charge in [-0.05, 0) is 44.1 Å². The summed E-state index contributed by atoms with van der Waals surface area (Å²) >= 11 is 1.77. The summed E-state index contributed by atoms with van der Waals surface area (Å²) in [5.41, 5.74) is 1.33. The molecule has 0 bridgehead atoms. The molecule has 0 aromatic carbocycles. The van der Waals surface area contributed by atoms with Gasteiger partial charge >= 0.3 is 0 Å². The van der Waals surface area contributed by atoms with Crippen LogP contribution in [0.4, 0.5) is 5.82 Å². The van der Waals surface area contributed by atoms with Gasteiger partial charge in [-0.3, -0.25) is 0 Å². The summed E-state index contributed by atoms with van der Waals surface area (Å²) in [7, 11) is 0. The van der Waals surface area contributed by atoms with Gasteiger partial charge in [0.2, 0.25) is 0 Å². The van der Waals surface area contributed by atoms with Crippen LogP contribution in [0, 0.1) is 25.7 Å². The lowest BCUT2D eigenvalue weighted by molar-refractivity contribution is 0.253. The predicted molar refractivity (Wildman–Crippen MR) is 91.1 cm³/mol. The van der Waals surface area contributed by atoms with E-state index in [2.05, 4.69) is 43.0 Å². The summed E-state index contributed by atoms with van der Waals surface area (Å²) in [5, 5.41) is 4.99. The molecule has 0 amide bonds. The average molecular weight is 303 g/mol. The van der Waals surface area contributed by atoms with E-state index in [1.54, 1.807) is 17.7 Å². The van der Waals surface area contributed by atoms with Crippen LogP contribution in [0.25, 0.3) is 10.2 Å². The van der Waals surface area contributed by atoms with Gasteiger partial charge in [-0.2, -0.15) is 0 Å². The van der Waals surface area contributed by atoms with E-state index < -0.39 is 0 Å². The second kappa shape index (κ2) is 5.91. The zero-order chi connectivity index (χ0) is 15.0. The highest BCUT2D eigenvalue weighted by Crippen LogP contribution is 2.36. The first kappa shape index (κ1) is 14.8. The summed E-state index contributed by atoms with van der Waals surface area (Å²) in [6.07, 6.45) is 7.00. The van der Waals surface area contributed by atoms with E-state index in [1.807, 2.05) is 0 Å². The number of aryl methyl sites for hydroxylation is 2. The fourth-order valence-corrected chi connectivity index (χ4v) is 4.60. The zero-order valence-corrected chi connectivity index (χ0v) is 14.3. The van der Waals surface area contributed by atoms with Gasteiger partial charge in [-0.15, -0.1) is 11.3 Å². The van der Waals surface area contributed by atoms with Crippen LogP contribution in [0.5, 0.6) is 0 Å². The van der Waals surface area contributed by atoms with E-state index in [-0.39, 0.29) is 0 Å². The second-order valence-corrected chi connectivity index (χ2v) is 7.83. The number of rotatable bonds is 3. The van der Waals surface area contributed by atoms with Crippen molar-refractivity contribution >= 4 is 27.4 Å². The lowest BCUT2D eigenvalue weighted by atomic mass is 9.78. The second-order valence-electron chi connectivity index (χ2n) is 6.63. The molecule has 3 rings (SSSR count). The Kier molecular flexibility index (Phi) is 4.16. The van der Waals surface area contributed by atoms with Crippen molar-refractivity contribution in [1.29, 1.82) is 0 Å². The third kappa shape index (κ3) is 2.78. The van der Waals surface area contributed by atoms with Gasteiger partial charge in [0.1, 0.15) is 17.0 Å². The smallest absolute Gasteiger partial charge is 0.138 e. The van der Waals surface area contributed by atoms with Crippen LogP contribution in [0.1, 0.15) is 50.0 Å². The molecule has 2 unspecified atom stereocenters. The van der Waals surface area contributed by atoms with Crippen molar-refractivity contribution in [1.82, 2.24) is 9.97 Å². The van der Waals surface area contributed by atoms with Crippen molar-refractivity contribution in [2.75, 3.05) is 5.32 Å². The van der Waals surface area contributed by atoms with E-state index in [1.165, 1.54) is 41.5 Å². The number of aromatic nitrogens is 2. The molecule has 1 aliphatic rings. The molecule has 2 aromatic rings. The first-order valence-corrected chi connectivity index (χ1v) is 8.86. The number of thiophene rings is 1. The summed E-state index contributed by atoms with van der Waals surface area (Å²) in [6.45, 7) is 9.05. The third-order valence-electron chi connectivity index (χ3n) is 4.96. The van der Waals surface area contributed by atoms with Crippen molar-refractivity contribution in [2.24, 2.45) is 11.8 Å². The molecule has 3 nitrogen and oxygen atoms in total. The molecule has 1 N–H and O–H groups in total. The van der Waals surface area contributed by atoms with Crippen LogP contribution in [0.15, 0.2) is 6.33 Å². The first-order chi connectivity index (χ1) is 10.1. The van der Waals surface area contributed by atoms with E-state index in [9.17, 15) is 0 Å². The number of anilines is 1. The van der Waals surface area contributed by atoms with Crippen LogP contribution < -0.4 is 5.32 Å². The minimum absolute atomic E-state index is 0.552. The minimum atomic E-state index is 0.552. The zero-order valence-electron chi connectivity index (χ0n) is 13.4. The van der Waals surface area contributed by atoms with E-state index >= 15 is 0 Å². The lowest BCUT2D eigenvalue weighted by Gasteiger charge is -2.35. The van der Waals surface area contributed by atoms with E-state index in [0.29, 0.717) is 6.04 Å². The van der Waals surface area contributed by atoms with Crippen molar-refractivity contribution < 1.29 is 0 Å². The molecular weight excluding hydrogens is 278 g/mol. The quantitative estimate of drug-likeness (QED) is 0.873. The van der Waals surface area contributed by atoms with Crippen LogP contribution in [-0.2, 0) is 0 Å². The Hall–Kier alpha value is -1.16. The van der Waals surface area contributed by atoms with Gasteiger partial charge in [0.25, 0.3) is 0 Å². The minimum Gasteiger partial charge on any atom is -0.366 e. The maximum absolute atomic E-state index is 4.55. The molecule has 2 aromatic heterocycles. The molecule has 0 radical (unpaired) electrons. The van der Waals surface area contributed by atoms with Gasteiger partial charge in [0.15, 0.2) is 0 Å². The van der Waals surface area contributed by atoms with Gasteiger partial charge in [-0.1, -0.05) is 26.7 Å². The molecular formula is C17H25N3S. The Morgan fingerprint density at radius 3 is 2.71 bits per heavy atom. The summed E-state index contributed by atoms with van der Waals surface area (Å²) < 4.78 is 0. The fourth-order valence-electron chi connectivity index (χ4n) is 3.60. The van der Waals surface area contributed by atoms with Crippen molar-refractivity contribution in [3.8, 4) is 0 Å². The maximum atomic E-state index is 4.55. The lowest BCUT2D eigenvalue weighted by Crippen LogP contribution is -2.35. The molecule has 114 valence electrons. The number of nitrogens with one attached hydrogen (secondary N) is 1. The fraction of sp³-hybridized carbons (Fsp3) is 0.647. The molecule has 0 spiro atoms. The highest BCUT2D eigenvalue weighted by molar-refractivity contribution is 7.18. The number of fused-ring (bicyclic) bond motifs is 1. The standard InChI is InChI=1S/C17H25N3S/c1-10(2)13-7-5-6-8-14(13)20-16-15-11(3)12(4)21-17(15)19-9-18-16/h9-10,13-14H,5-8H2,1-4H3,(H,18,19,20). The van der Waals surface area contributed by atoms with Crippen LogP contribution in [0.3, 0.4) is 0 Å². The Labute approximate surface area is 131 Å². The van der Waals surface area contributed by atoms with E-state index in [4.69, 9.17) is 0 Å². The molecule has 4 heteroatoms. The monoisotopic (exact) mass is 303 g/mol. The first-order valence-electron chi connectivity index (χ1n) is 8.05. The van der Waals surface area contributed by atoms with Gasteiger partial charge in [0, 0.05) is 10.9 Å². The summed E-state index contributed by atoms with van der Waals surface area (Å²) in [6, 6.07) is 0.552. The van der Waals surface area contributed by atoms with Crippen molar-refractivity contribution in [3.63, 3.8) is 0 Å². The van der Waals surface area contributed by atoms with E-state index in [0.717, 1.165) is 22.5 Å². The summed E-state index contributed by atoms with van der Waals surface area (Å²) in [4.78, 5) is 11.4. The molecule has 2 heterocycles. The Morgan fingerprint density at radius 2 is 1.95 bits per heavy atom. The average Bonchev–Trinajstić information content (AvgIpc) is 2.75. The molecule has 1 aliphatic carbocycles. The van der Waals surface area contributed by atoms with Gasteiger partial charge in [0.05, 0.1) is 5.39 Å². The Morgan fingerprint density at radius 1 is 1.19 bits per heavy atom. The van der Waals surface area contributed by atoms with Gasteiger partial charge in [-0.25, -0.2) is 9.97 Å². The maximum Gasteiger partial charge on any atom is 0.138 e. The van der Waals surface area contributed by atoms with Crippen molar-refractivity contribution in [3.05, 3.63) is 16.8 Å². The molecule has 1 fully saturated rings. The number of hydrogen-bond donors (Lipinski definition) is 1. The Bertz CT molecular complexity index is 632. The highest BCUT2D eigenvalue weighted by Gasteiger charge is 2.28.